The minimum atomic E-state index is -1.54. The van der Waals surface area contributed by atoms with Gasteiger partial charge in [0.2, 0.25) is 6.41 Å². The maximum atomic E-state index is 13.1. The Hall–Kier alpha value is -1.43. The number of carbonyl (C=O) groups excluding carboxylic acids is 1. The van der Waals surface area contributed by atoms with Gasteiger partial charge in [0.1, 0.15) is 5.82 Å². The van der Waals surface area contributed by atoms with Crippen molar-refractivity contribution < 1.29 is 19.1 Å². The SMILES string of the molecule is CCCN(C=O)C(C)(C(=O)O)c1ccc(F)cc1Br. The maximum absolute atomic E-state index is 13.1. The number of hydrogen-bond donors (Lipinski definition) is 1. The Morgan fingerprint density at radius 2 is 2.21 bits per heavy atom. The Morgan fingerprint density at radius 3 is 2.63 bits per heavy atom. The van der Waals surface area contributed by atoms with E-state index in [0.29, 0.717) is 29.4 Å². The monoisotopic (exact) mass is 331 g/mol. The van der Waals surface area contributed by atoms with E-state index in [1.54, 1.807) is 0 Å². The molecule has 4 nitrogen and oxygen atoms in total. The summed E-state index contributed by atoms with van der Waals surface area (Å²) in [6, 6.07) is 3.74. The molecule has 0 aliphatic heterocycles. The number of carboxylic acids is 1. The molecule has 0 bridgehead atoms. The number of carboxylic acid groups (broad SMARTS) is 1. The second-order valence-electron chi connectivity index (χ2n) is 4.30. The van der Waals surface area contributed by atoms with Gasteiger partial charge in [0, 0.05) is 16.6 Å². The summed E-state index contributed by atoms with van der Waals surface area (Å²) in [5.74, 6) is -1.64. The Morgan fingerprint density at radius 1 is 1.58 bits per heavy atom. The number of amides is 1. The molecule has 1 aromatic rings. The summed E-state index contributed by atoms with van der Waals surface area (Å²) in [6.45, 7) is 3.58. The van der Waals surface area contributed by atoms with E-state index in [-0.39, 0.29) is 0 Å². The average molecular weight is 332 g/mol. The van der Waals surface area contributed by atoms with Gasteiger partial charge in [-0.15, -0.1) is 0 Å². The summed E-state index contributed by atoms with van der Waals surface area (Å²) in [6.07, 6.45) is 1.13. The second kappa shape index (κ2) is 6.14. The number of aliphatic carboxylic acids is 1. The van der Waals surface area contributed by atoms with Crippen LogP contribution in [0.3, 0.4) is 0 Å². The fourth-order valence-electron chi connectivity index (χ4n) is 1.90. The van der Waals surface area contributed by atoms with Gasteiger partial charge in [-0.05, 0) is 25.5 Å². The highest BCUT2D eigenvalue weighted by Crippen LogP contribution is 2.34. The third kappa shape index (κ3) is 2.94. The van der Waals surface area contributed by atoms with E-state index >= 15 is 0 Å². The van der Waals surface area contributed by atoms with Crippen molar-refractivity contribution in [2.75, 3.05) is 6.54 Å². The van der Waals surface area contributed by atoms with Crippen molar-refractivity contribution in [1.29, 1.82) is 0 Å². The lowest BCUT2D eigenvalue weighted by molar-refractivity contribution is -0.155. The first-order valence-corrected chi connectivity index (χ1v) is 6.58. The quantitative estimate of drug-likeness (QED) is 0.815. The molecule has 1 rings (SSSR count). The van der Waals surface area contributed by atoms with Crippen LogP contribution in [-0.2, 0) is 15.1 Å². The van der Waals surface area contributed by atoms with E-state index in [1.165, 1.54) is 30.0 Å². The molecule has 0 aromatic heterocycles. The lowest BCUT2D eigenvalue weighted by atomic mass is 9.90. The van der Waals surface area contributed by atoms with Crippen molar-refractivity contribution in [3.63, 3.8) is 0 Å². The van der Waals surface area contributed by atoms with E-state index in [0.717, 1.165) is 0 Å². The first-order valence-electron chi connectivity index (χ1n) is 5.78. The molecule has 1 amide bonds. The van der Waals surface area contributed by atoms with Crippen LogP contribution in [-0.4, -0.2) is 28.9 Å². The molecule has 6 heteroatoms. The average Bonchev–Trinajstić information content (AvgIpc) is 2.34. The molecule has 1 aromatic carbocycles. The Kier molecular flexibility index (Phi) is 5.05. The van der Waals surface area contributed by atoms with E-state index in [4.69, 9.17) is 0 Å². The van der Waals surface area contributed by atoms with Crippen LogP contribution < -0.4 is 0 Å². The van der Waals surface area contributed by atoms with Crippen LogP contribution in [0.5, 0.6) is 0 Å². The zero-order valence-corrected chi connectivity index (χ0v) is 12.3. The Balaban J connectivity index is 3.40. The molecule has 1 unspecified atom stereocenters. The van der Waals surface area contributed by atoms with Crippen LogP contribution >= 0.6 is 15.9 Å². The molecule has 0 aliphatic carbocycles. The molecule has 0 fully saturated rings. The van der Waals surface area contributed by atoms with Gasteiger partial charge in [0.05, 0.1) is 0 Å². The van der Waals surface area contributed by atoms with Gasteiger partial charge in [-0.3, -0.25) is 4.79 Å². The van der Waals surface area contributed by atoms with Crippen molar-refractivity contribution >= 4 is 28.3 Å². The maximum Gasteiger partial charge on any atom is 0.334 e. The Labute approximate surface area is 119 Å². The minimum absolute atomic E-state index is 0.302. The number of benzene rings is 1. The molecule has 0 saturated carbocycles. The van der Waals surface area contributed by atoms with E-state index in [1.807, 2.05) is 6.92 Å². The topological polar surface area (TPSA) is 57.6 Å². The largest absolute Gasteiger partial charge is 0.479 e. The molecule has 0 aliphatic rings. The summed E-state index contributed by atoms with van der Waals surface area (Å²) in [7, 11) is 0. The first kappa shape index (κ1) is 15.6. The third-order valence-corrected chi connectivity index (χ3v) is 3.69. The van der Waals surface area contributed by atoms with E-state index in [9.17, 15) is 19.1 Å². The van der Waals surface area contributed by atoms with E-state index < -0.39 is 17.3 Å². The first-order chi connectivity index (χ1) is 8.87. The van der Waals surface area contributed by atoms with Gasteiger partial charge in [-0.25, -0.2) is 9.18 Å². The summed E-state index contributed by atoms with van der Waals surface area (Å²) >= 11 is 3.15. The van der Waals surface area contributed by atoms with Crippen LogP contribution in [0, 0.1) is 5.82 Å². The highest BCUT2D eigenvalue weighted by Gasteiger charge is 2.42. The van der Waals surface area contributed by atoms with Crippen LogP contribution in [0.25, 0.3) is 0 Å². The molecule has 0 spiro atoms. The lowest BCUT2D eigenvalue weighted by Gasteiger charge is -2.36. The van der Waals surface area contributed by atoms with Crippen molar-refractivity contribution in [2.24, 2.45) is 0 Å². The highest BCUT2D eigenvalue weighted by molar-refractivity contribution is 9.10. The van der Waals surface area contributed by atoms with Crippen LogP contribution in [0.15, 0.2) is 22.7 Å². The standard InChI is InChI=1S/C13H15BrFNO3/c1-3-6-16(8-17)13(2,12(18)19)10-5-4-9(15)7-11(10)14/h4-5,7-8H,3,6H2,1-2H3,(H,18,19). The molecule has 0 heterocycles. The smallest absolute Gasteiger partial charge is 0.334 e. The summed E-state index contributed by atoms with van der Waals surface area (Å²) in [5, 5.41) is 9.49. The number of rotatable bonds is 6. The molecular formula is C13H15BrFNO3. The summed E-state index contributed by atoms with van der Waals surface area (Å²) in [4.78, 5) is 24.0. The molecule has 0 saturated heterocycles. The van der Waals surface area contributed by atoms with Gasteiger partial charge in [0.25, 0.3) is 0 Å². The zero-order chi connectivity index (χ0) is 14.6. The van der Waals surface area contributed by atoms with Crippen molar-refractivity contribution in [3.8, 4) is 0 Å². The van der Waals surface area contributed by atoms with Gasteiger partial charge in [0.15, 0.2) is 5.54 Å². The number of hydrogen-bond acceptors (Lipinski definition) is 2. The molecule has 1 atom stereocenters. The van der Waals surface area contributed by atoms with Crippen LogP contribution in [0.1, 0.15) is 25.8 Å². The second-order valence-corrected chi connectivity index (χ2v) is 5.15. The zero-order valence-electron chi connectivity index (χ0n) is 10.7. The van der Waals surface area contributed by atoms with Crippen molar-refractivity contribution in [2.45, 2.75) is 25.8 Å². The molecular weight excluding hydrogens is 317 g/mol. The van der Waals surface area contributed by atoms with Crippen molar-refractivity contribution in [3.05, 3.63) is 34.1 Å². The summed E-state index contributed by atoms with van der Waals surface area (Å²) in [5.41, 5.74) is -1.20. The molecule has 19 heavy (non-hydrogen) atoms. The predicted molar refractivity (Wildman–Crippen MR) is 72.1 cm³/mol. The Bertz CT molecular complexity index is 495. The van der Waals surface area contributed by atoms with Gasteiger partial charge in [-0.2, -0.15) is 0 Å². The molecule has 1 N–H and O–H groups in total. The fourth-order valence-corrected chi connectivity index (χ4v) is 2.64. The number of carbonyl (C=O) groups is 2. The normalized spacial score (nSPS) is 13.7. The lowest BCUT2D eigenvalue weighted by Crippen LogP contribution is -2.49. The number of halogens is 2. The molecule has 0 radical (unpaired) electrons. The molecule has 104 valence electrons. The van der Waals surface area contributed by atoms with Gasteiger partial charge >= 0.3 is 5.97 Å². The minimum Gasteiger partial charge on any atom is -0.479 e. The third-order valence-electron chi connectivity index (χ3n) is 3.04. The number of nitrogens with zero attached hydrogens (tertiary/aromatic N) is 1. The highest BCUT2D eigenvalue weighted by atomic mass is 79.9. The predicted octanol–water partition coefficient (Wildman–Crippen LogP) is 2.76. The van der Waals surface area contributed by atoms with Crippen LogP contribution in [0.4, 0.5) is 4.39 Å². The van der Waals surface area contributed by atoms with Gasteiger partial charge < -0.3 is 10.0 Å². The summed E-state index contributed by atoms with van der Waals surface area (Å²) < 4.78 is 13.4. The van der Waals surface area contributed by atoms with Gasteiger partial charge in [-0.1, -0.05) is 28.9 Å². The van der Waals surface area contributed by atoms with E-state index in [2.05, 4.69) is 15.9 Å². The van der Waals surface area contributed by atoms with Crippen LogP contribution in [0.2, 0.25) is 0 Å². The fraction of sp³-hybridized carbons (Fsp3) is 0.385. The van der Waals surface area contributed by atoms with Crippen molar-refractivity contribution in [1.82, 2.24) is 4.90 Å².